The molecule has 0 unspecified atom stereocenters. The highest BCUT2D eigenvalue weighted by Crippen LogP contribution is 2.24. The third kappa shape index (κ3) is 4.11. The van der Waals surface area contributed by atoms with Gasteiger partial charge in [0.25, 0.3) is 0 Å². The van der Waals surface area contributed by atoms with Crippen LogP contribution in [0.15, 0.2) is 79.3 Å². The van der Waals surface area contributed by atoms with Gasteiger partial charge in [-0.25, -0.2) is 9.97 Å². The molecule has 152 valence electrons. The predicted octanol–water partition coefficient (Wildman–Crippen LogP) is 4.24. The van der Waals surface area contributed by atoms with Gasteiger partial charge in [-0.1, -0.05) is 36.4 Å². The lowest BCUT2D eigenvalue weighted by Gasteiger charge is -2.08. The molecule has 0 saturated carbocycles. The molecule has 7 heteroatoms. The highest BCUT2D eigenvalue weighted by molar-refractivity contribution is 5.82. The number of nitrogens with one attached hydrogen (secondary N) is 1. The Morgan fingerprint density at radius 1 is 0.903 bits per heavy atom. The molecule has 0 aliphatic carbocycles. The normalized spacial score (nSPS) is 11.0. The van der Waals surface area contributed by atoms with E-state index in [2.05, 4.69) is 42.6 Å². The molecule has 7 nitrogen and oxygen atoms in total. The van der Waals surface area contributed by atoms with E-state index in [0.29, 0.717) is 5.95 Å². The number of imidazole rings is 1. The summed E-state index contributed by atoms with van der Waals surface area (Å²) in [6, 6.07) is 22.2. The van der Waals surface area contributed by atoms with Crippen molar-refractivity contribution in [3.05, 3.63) is 90.5 Å². The molecule has 0 atom stereocenters. The van der Waals surface area contributed by atoms with E-state index in [0.717, 1.165) is 46.8 Å². The van der Waals surface area contributed by atoms with Gasteiger partial charge in [-0.3, -0.25) is 4.57 Å². The van der Waals surface area contributed by atoms with Gasteiger partial charge < -0.3 is 5.32 Å². The first kappa shape index (κ1) is 18.9. The van der Waals surface area contributed by atoms with E-state index in [1.54, 1.807) is 12.5 Å². The fourth-order valence-corrected chi connectivity index (χ4v) is 3.44. The van der Waals surface area contributed by atoms with Crippen molar-refractivity contribution in [3.63, 3.8) is 0 Å². The second-order valence-corrected chi connectivity index (χ2v) is 7.28. The average Bonchev–Trinajstić information content (AvgIpc) is 3.24. The van der Waals surface area contributed by atoms with Crippen LogP contribution < -0.4 is 5.32 Å². The molecular formula is C24H21N7. The second-order valence-electron chi connectivity index (χ2n) is 7.28. The zero-order valence-electron chi connectivity index (χ0n) is 17.1. The van der Waals surface area contributed by atoms with E-state index >= 15 is 0 Å². The molecule has 0 aliphatic heterocycles. The van der Waals surface area contributed by atoms with E-state index in [4.69, 9.17) is 0 Å². The number of aromatic nitrogens is 6. The van der Waals surface area contributed by atoms with Crippen molar-refractivity contribution in [2.24, 2.45) is 0 Å². The molecule has 31 heavy (non-hydrogen) atoms. The average molecular weight is 407 g/mol. The summed E-state index contributed by atoms with van der Waals surface area (Å²) >= 11 is 0. The molecule has 0 spiro atoms. The van der Waals surface area contributed by atoms with Crippen molar-refractivity contribution in [2.75, 3.05) is 11.9 Å². The molecule has 0 amide bonds. The number of nitrogens with zero attached hydrogens (tertiary/aromatic N) is 6. The Bertz CT molecular complexity index is 1310. The van der Waals surface area contributed by atoms with Gasteiger partial charge in [-0.2, -0.15) is 15.2 Å². The molecule has 0 aliphatic rings. The van der Waals surface area contributed by atoms with Crippen LogP contribution in [0.1, 0.15) is 11.3 Å². The van der Waals surface area contributed by atoms with E-state index in [9.17, 15) is 0 Å². The van der Waals surface area contributed by atoms with E-state index in [1.165, 1.54) is 5.56 Å². The maximum absolute atomic E-state index is 4.67. The predicted molar refractivity (Wildman–Crippen MR) is 121 cm³/mol. The van der Waals surface area contributed by atoms with Crippen LogP contribution in [-0.4, -0.2) is 36.3 Å². The Labute approximate surface area is 179 Å². The lowest BCUT2D eigenvalue weighted by molar-refractivity contribution is 0.953. The Morgan fingerprint density at radius 2 is 1.81 bits per heavy atom. The van der Waals surface area contributed by atoms with Crippen LogP contribution in [0.3, 0.4) is 0 Å². The minimum Gasteiger partial charge on any atom is -0.354 e. The molecule has 5 rings (SSSR count). The molecule has 5 aromatic rings. The Balaban J connectivity index is 1.36. The largest absolute Gasteiger partial charge is 0.354 e. The summed E-state index contributed by atoms with van der Waals surface area (Å²) in [6.07, 6.45) is 4.45. The summed E-state index contributed by atoms with van der Waals surface area (Å²) < 4.78 is 1.96. The zero-order valence-corrected chi connectivity index (χ0v) is 17.1. The molecule has 3 aromatic heterocycles. The summed E-state index contributed by atoms with van der Waals surface area (Å²) in [6.45, 7) is 2.69. The monoisotopic (exact) mass is 407 g/mol. The number of anilines is 1. The number of aryl methyl sites for hydroxylation is 1. The maximum atomic E-state index is 4.67. The van der Waals surface area contributed by atoms with Crippen LogP contribution in [0.2, 0.25) is 0 Å². The molecule has 3 heterocycles. The first-order valence-corrected chi connectivity index (χ1v) is 10.2. The molecule has 1 N–H and O–H groups in total. The lowest BCUT2D eigenvalue weighted by atomic mass is 10.1. The highest BCUT2D eigenvalue weighted by atomic mass is 15.2. The van der Waals surface area contributed by atoms with Gasteiger partial charge in [0.15, 0.2) is 0 Å². The zero-order chi connectivity index (χ0) is 21.0. The topological polar surface area (TPSA) is 81.4 Å². The first-order valence-electron chi connectivity index (χ1n) is 10.2. The first-order chi connectivity index (χ1) is 15.3. The summed E-state index contributed by atoms with van der Waals surface area (Å²) in [5.41, 5.74) is 5.83. The van der Waals surface area contributed by atoms with Crippen molar-refractivity contribution in [2.45, 2.75) is 13.3 Å². The third-order valence-electron chi connectivity index (χ3n) is 5.07. The number of fused-ring (bicyclic) bond motifs is 1. The Hall–Kier alpha value is -4.13. The third-order valence-corrected chi connectivity index (χ3v) is 5.07. The number of benzene rings is 2. The standard InChI is InChI=1S/C24H21N7/c1-17-7-9-20(30-29-17)19-8-10-22-21(15-19)27-16-31(22)23-12-14-26-24(28-23)25-13-11-18-5-3-2-4-6-18/h2-10,12,14-16H,11,13H2,1H3,(H,25,26,28). The van der Waals surface area contributed by atoms with Crippen LogP contribution in [-0.2, 0) is 6.42 Å². The van der Waals surface area contributed by atoms with Crippen molar-refractivity contribution in [1.29, 1.82) is 0 Å². The summed E-state index contributed by atoms with van der Waals surface area (Å²) in [4.78, 5) is 13.6. The molecule has 2 aromatic carbocycles. The molecular weight excluding hydrogens is 386 g/mol. The number of hydrogen-bond donors (Lipinski definition) is 1. The smallest absolute Gasteiger partial charge is 0.224 e. The number of rotatable bonds is 6. The summed E-state index contributed by atoms with van der Waals surface area (Å²) in [5.74, 6) is 1.37. The fourth-order valence-electron chi connectivity index (χ4n) is 3.44. The molecule has 0 bridgehead atoms. The number of hydrogen-bond acceptors (Lipinski definition) is 6. The van der Waals surface area contributed by atoms with E-state index in [-0.39, 0.29) is 0 Å². The maximum Gasteiger partial charge on any atom is 0.224 e. The Morgan fingerprint density at radius 3 is 2.65 bits per heavy atom. The van der Waals surface area contributed by atoms with Gasteiger partial charge in [0.2, 0.25) is 5.95 Å². The SMILES string of the molecule is Cc1ccc(-c2ccc3c(c2)ncn3-c2ccnc(NCCc3ccccc3)n2)nn1. The van der Waals surface area contributed by atoms with Gasteiger partial charge in [-0.15, -0.1) is 0 Å². The van der Waals surface area contributed by atoms with Gasteiger partial charge >= 0.3 is 0 Å². The summed E-state index contributed by atoms with van der Waals surface area (Å²) in [7, 11) is 0. The minimum atomic E-state index is 0.599. The van der Waals surface area contributed by atoms with E-state index in [1.807, 2.05) is 66.1 Å². The summed E-state index contributed by atoms with van der Waals surface area (Å²) in [5, 5.41) is 11.7. The van der Waals surface area contributed by atoms with Gasteiger partial charge in [0.1, 0.15) is 12.1 Å². The fraction of sp³-hybridized carbons (Fsp3) is 0.125. The molecule has 0 radical (unpaired) electrons. The van der Waals surface area contributed by atoms with E-state index < -0.39 is 0 Å². The van der Waals surface area contributed by atoms with Gasteiger partial charge in [0, 0.05) is 18.3 Å². The van der Waals surface area contributed by atoms with Crippen LogP contribution in [0.25, 0.3) is 28.1 Å². The minimum absolute atomic E-state index is 0.599. The molecule has 0 fully saturated rings. The lowest BCUT2D eigenvalue weighted by Crippen LogP contribution is -2.09. The van der Waals surface area contributed by atoms with Crippen LogP contribution in [0, 0.1) is 6.92 Å². The van der Waals surface area contributed by atoms with Crippen molar-refractivity contribution >= 4 is 17.0 Å². The van der Waals surface area contributed by atoms with Crippen molar-refractivity contribution in [3.8, 4) is 17.1 Å². The van der Waals surface area contributed by atoms with Gasteiger partial charge in [0.05, 0.1) is 22.4 Å². The van der Waals surface area contributed by atoms with Crippen LogP contribution in [0.5, 0.6) is 0 Å². The van der Waals surface area contributed by atoms with Crippen LogP contribution in [0.4, 0.5) is 5.95 Å². The highest BCUT2D eigenvalue weighted by Gasteiger charge is 2.09. The quantitative estimate of drug-likeness (QED) is 0.454. The molecule has 0 saturated heterocycles. The second kappa shape index (κ2) is 8.31. The van der Waals surface area contributed by atoms with Gasteiger partial charge in [-0.05, 0) is 49.2 Å². The van der Waals surface area contributed by atoms with Crippen LogP contribution >= 0.6 is 0 Å². The van der Waals surface area contributed by atoms with Crippen molar-refractivity contribution < 1.29 is 0 Å². The van der Waals surface area contributed by atoms with Crippen molar-refractivity contribution in [1.82, 2.24) is 29.7 Å². The Kier molecular flexibility index (Phi) is 5.06.